The molecule has 1 unspecified atom stereocenters. The van der Waals surface area contributed by atoms with E-state index in [1.807, 2.05) is 14.0 Å². The summed E-state index contributed by atoms with van der Waals surface area (Å²) in [4.78, 5) is 4.92. The maximum atomic E-state index is 6.31. The molecule has 4 nitrogen and oxygen atoms in total. The van der Waals surface area contributed by atoms with E-state index < -0.39 is 0 Å². The van der Waals surface area contributed by atoms with Crippen molar-refractivity contribution in [3.8, 4) is 0 Å². The van der Waals surface area contributed by atoms with Crippen molar-refractivity contribution >= 4 is 11.6 Å². The van der Waals surface area contributed by atoms with Crippen LogP contribution < -0.4 is 0 Å². The minimum Gasteiger partial charge on any atom is -0.305 e. The lowest BCUT2D eigenvalue weighted by Crippen LogP contribution is -2.37. The first-order chi connectivity index (χ1) is 8.49. The Bertz CT molecular complexity index is 415. The molecule has 2 rings (SSSR count). The number of likely N-dealkylation sites (N-methyl/N-ethyl adjacent to an activating group) is 1. The molecule has 0 aromatic carbocycles. The molecule has 0 spiro atoms. The zero-order valence-corrected chi connectivity index (χ0v) is 12.5. The quantitative estimate of drug-likeness (QED) is 0.821. The van der Waals surface area contributed by atoms with Crippen LogP contribution in [0.4, 0.5) is 0 Å². The number of halogens is 1. The van der Waals surface area contributed by atoms with E-state index in [-0.39, 0.29) is 0 Å². The van der Waals surface area contributed by atoms with Gasteiger partial charge in [-0.1, -0.05) is 11.6 Å². The van der Waals surface area contributed by atoms with E-state index in [1.54, 1.807) is 4.68 Å². The molecule has 0 saturated carbocycles. The van der Waals surface area contributed by atoms with Crippen molar-refractivity contribution in [3.05, 3.63) is 16.4 Å². The molecule has 102 valence electrons. The Kier molecular flexibility index (Phi) is 4.30. The van der Waals surface area contributed by atoms with E-state index in [1.165, 1.54) is 18.5 Å². The first kappa shape index (κ1) is 13.8. The van der Waals surface area contributed by atoms with Gasteiger partial charge in [0.1, 0.15) is 5.15 Å². The summed E-state index contributed by atoms with van der Waals surface area (Å²) in [6.07, 6.45) is 1.22. The van der Waals surface area contributed by atoms with E-state index in [4.69, 9.17) is 11.6 Å². The van der Waals surface area contributed by atoms with Crippen molar-refractivity contribution < 1.29 is 0 Å². The maximum Gasteiger partial charge on any atom is 0.131 e. The molecule has 1 aliphatic heterocycles. The zero-order chi connectivity index (χ0) is 13.3. The van der Waals surface area contributed by atoms with Crippen LogP contribution in [-0.4, -0.2) is 52.3 Å². The van der Waals surface area contributed by atoms with Crippen molar-refractivity contribution in [1.29, 1.82) is 0 Å². The summed E-state index contributed by atoms with van der Waals surface area (Å²) in [5.74, 6) is 0. The number of hydrogen-bond acceptors (Lipinski definition) is 3. The summed E-state index contributed by atoms with van der Waals surface area (Å²) < 4.78 is 1.76. The van der Waals surface area contributed by atoms with Gasteiger partial charge < -0.3 is 4.90 Å². The summed E-state index contributed by atoms with van der Waals surface area (Å²) in [7, 11) is 4.10. The van der Waals surface area contributed by atoms with Gasteiger partial charge in [0, 0.05) is 38.3 Å². The molecule has 1 saturated heterocycles. The lowest BCUT2D eigenvalue weighted by Gasteiger charge is -2.27. The van der Waals surface area contributed by atoms with Crippen molar-refractivity contribution in [2.45, 2.75) is 32.9 Å². The summed E-state index contributed by atoms with van der Waals surface area (Å²) in [6, 6.07) is 0.563. The molecule has 1 fully saturated rings. The Morgan fingerprint density at radius 3 is 2.67 bits per heavy atom. The minimum absolute atomic E-state index is 0.563. The molecule has 0 aliphatic carbocycles. The van der Waals surface area contributed by atoms with Crippen molar-refractivity contribution in [3.63, 3.8) is 0 Å². The van der Waals surface area contributed by atoms with Gasteiger partial charge in [0.2, 0.25) is 0 Å². The molecule has 0 radical (unpaired) electrons. The molecule has 5 heteroatoms. The Morgan fingerprint density at radius 1 is 1.33 bits per heavy atom. The van der Waals surface area contributed by atoms with Gasteiger partial charge >= 0.3 is 0 Å². The van der Waals surface area contributed by atoms with E-state index in [2.05, 4.69) is 28.9 Å². The molecule has 1 aliphatic rings. The second kappa shape index (κ2) is 5.59. The Hall–Kier alpha value is -0.580. The molecule has 18 heavy (non-hydrogen) atoms. The number of hydrogen-bond donors (Lipinski definition) is 0. The molecule has 0 bridgehead atoms. The molecule has 1 aromatic rings. The van der Waals surface area contributed by atoms with Gasteiger partial charge in [-0.25, -0.2) is 0 Å². The maximum absolute atomic E-state index is 6.31. The SMILES string of the molecule is Cc1nn(C)c(Cl)c1CN1CCCN(C)CC1C. The molecule has 0 N–H and O–H groups in total. The van der Waals surface area contributed by atoms with E-state index in [0.29, 0.717) is 6.04 Å². The lowest BCUT2D eigenvalue weighted by molar-refractivity contribution is 0.194. The molecule has 0 amide bonds. The van der Waals surface area contributed by atoms with Crippen LogP contribution in [0.5, 0.6) is 0 Å². The number of aryl methyl sites for hydroxylation is 2. The molecule has 1 aromatic heterocycles. The van der Waals surface area contributed by atoms with Gasteiger partial charge in [-0.15, -0.1) is 0 Å². The predicted molar refractivity (Wildman–Crippen MR) is 74.9 cm³/mol. The van der Waals surface area contributed by atoms with Gasteiger partial charge in [0.05, 0.1) is 5.69 Å². The average molecular weight is 271 g/mol. The van der Waals surface area contributed by atoms with Gasteiger partial charge in [-0.05, 0) is 33.9 Å². The van der Waals surface area contributed by atoms with E-state index in [0.717, 1.165) is 30.5 Å². The monoisotopic (exact) mass is 270 g/mol. The van der Waals surface area contributed by atoms with Crippen LogP contribution in [-0.2, 0) is 13.6 Å². The highest BCUT2D eigenvalue weighted by Gasteiger charge is 2.22. The Morgan fingerprint density at radius 2 is 2.06 bits per heavy atom. The number of rotatable bonds is 2. The highest BCUT2D eigenvalue weighted by Crippen LogP contribution is 2.22. The molecule has 1 atom stereocenters. The topological polar surface area (TPSA) is 24.3 Å². The zero-order valence-electron chi connectivity index (χ0n) is 11.8. The molecular weight excluding hydrogens is 248 g/mol. The summed E-state index contributed by atoms with van der Waals surface area (Å²) in [5, 5.41) is 5.16. The van der Waals surface area contributed by atoms with E-state index >= 15 is 0 Å². The van der Waals surface area contributed by atoms with Crippen LogP contribution in [0.1, 0.15) is 24.6 Å². The summed E-state index contributed by atoms with van der Waals surface area (Å²) in [6.45, 7) is 8.68. The third-order valence-electron chi connectivity index (χ3n) is 3.82. The molecular formula is C13H23ClN4. The Balaban J connectivity index is 2.12. The van der Waals surface area contributed by atoms with Gasteiger partial charge in [0.25, 0.3) is 0 Å². The predicted octanol–water partition coefficient (Wildman–Crippen LogP) is 1.91. The fourth-order valence-electron chi connectivity index (χ4n) is 2.71. The Labute approximate surface area is 115 Å². The number of nitrogens with zero attached hydrogens (tertiary/aromatic N) is 4. The molecule has 2 heterocycles. The van der Waals surface area contributed by atoms with Crippen LogP contribution >= 0.6 is 11.6 Å². The van der Waals surface area contributed by atoms with Gasteiger partial charge in [-0.3, -0.25) is 9.58 Å². The first-order valence-electron chi connectivity index (χ1n) is 6.59. The fourth-order valence-corrected chi connectivity index (χ4v) is 2.95. The lowest BCUT2D eigenvalue weighted by atomic mass is 10.2. The normalized spacial score (nSPS) is 23.3. The first-order valence-corrected chi connectivity index (χ1v) is 6.97. The van der Waals surface area contributed by atoms with Crippen molar-refractivity contribution in [2.75, 3.05) is 26.7 Å². The van der Waals surface area contributed by atoms with Crippen LogP contribution in [0.25, 0.3) is 0 Å². The summed E-state index contributed by atoms with van der Waals surface area (Å²) in [5.41, 5.74) is 2.22. The third-order valence-corrected chi connectivity index (χ3v) is 4.29. The third kappa shape index (κ3) is 2.87. The minimum atomic E-state index is 0.563. The highest BCUT2D eigenvalue weighted by molar-refractivity contribution is 6.30. The smallest absolute Gasteiger partial charge is 0.131 e. The highest BCUT2D eigenvalue weighted by atomic mass is 35.5. The van der Waals surface area contributed by atoms with Gasteiger partial charge in [-0.2, -0.15) is 5.10 Å². The average Bonchev–Trinajstić information content (AvgIpc) is 2.46. The van der Waals surface area contributed by atoms with Crippen LogP contribution in [0.2, 0.25) is 5.15 Å². The van der Waals surface area contributed by atoms with E-state index in [9.17, 15) is 0 Å². The largest absolute Gasteiger partial charge is 0.305 e. The van der Waals surface area contributed by atoms with Crippen LogP contribution in [0, 0.1) is 6.92 Å². The van der Waals surface area contributed by atoms with Gasteiger partial charge in [0.15, 0.2) is 0 Å². The second-order valence-corrected chi connectivity index (χ2v) is 5.77. The van der Waals surface area contributed by atoms with Crippen LogP contribution in [0.15, 0.2) is 0 Å². The summed E-state index contributed by atoms with van der Waals surface area (Å²) >= 11 is 6.31. The second-order valence-electron chi connectivity index (χ2n) is 5.41. The standard InChI is InChI=1S/C13H23ClN4/c1-10-8-16(3)6-5-7-18(10)9-12-11(2)15-17(4)13(12)14/h10H,5-9H2,1-4H3. The van der Waals surface area contributed by atoms with Crippen LogP contribution in [0.3, 0.4) is 0 Å². The van der Waals surface area contributed by atoms with Crippen molar-refractivity contribution in [2.24, 2.45) is 7.05 Å². The number of aromatic nitrogens is 2. The fraction of sp³-hybridized carbons (Fsp3) is 0.769. The van der Waals surface area contributed by atoms with Crippen molar-refractivity contribution in [1.82, 2.24) is 19.6 Å².